The number of aliphatic hydroxyl groups is 1. The highest BCUT2D eigenvalue weighted by atomic mass is 16.3. The zero-order valence-corrected chi connectivity index (χ0v) is 13.5. The van der Waals surface area contributed by atoms with Crippen molar-refractivity contribution < 1.29 is 9.90 Å². The molecule has 0 spiro atoms. The Bertz CT molecular complexity index is 520. The zero-order valence-electron chi connectivity index (χ0n) is 13.5. The topological polar surface area (TPSA) is 69.2 Å². The molecule has 1 saturated carbocycles. The second kappa shape index (κ2) is 6.41. The van der Waals surface area contributed by atoms with Crippen LogP contribution >= 0.6 is 0 Å². The van der Waals surface area contributed by atoms with Crippen molar-refractivity contribution in [2.75, 3.05) is 13.1 Å². The lowest BCUT2D eigenvalue weighted by Crippen LogP contribution is -2.44. The Morgan fingerprint density at radius 2 is 2.18 bits per heavy atom. The first-order valence-corrected chi connectivity index (χ1v) is 8.57. The molecule has 5 heteroatoms. The highest BCUT2D eigenvalue weighted by Crippen LogP contribution is 2.33. The van der Waals surface area contributed by atoms with Crippen molar-refractivity contribution in [1.29, 1.82) is 0 Å². The minimum Gasteiger partial charge on any atom is -0.389 e. The van der Waals surface area contributed by atoms with Crippen LogP contribution in [0.1, 0.15) is 68.5 Å². The fourth-order valence-corrected chi connectivity index (χ4v) is 3.99. The van der Waals surface area contributed by atoms with Gasteiger partial charge in [0.05, 0.1) is 18.2 Å². The Morgan fingerprint density at radius 1 is 1.41 bits per heavy atom. The lowest BCUT2D eigenvalue weighted by molar-refractivity contribution is -0.139. The van der Waals surface area contributed by atoms with E-state index in [0.29, 0.717) is 12.3 Å². The molecule has 2 fully saturated rings. The number of carbonyl (C=O) groups excluding carboxylic acids is 1. The maximum absolute atomic E-state index is 12.6. The van der Waals surface area contributed by atoms with Crippen molar-refractivity contribution in [1.82, 2.24) is 15.1 Å². The number of hydrogen-bond donors (Lipinski definition) is 2. The maximum Gasteiger partial charge on any atom is 0.225 e. The van der Waals surface area contributed by atoms with Crippen molar-refractivity contribution in [3.63, 3.8) is 0 Å². The molecule has 1 aliphatic heterocycles. The second-order valence-electron chi connectivity index (χ2n) is 7.11. The molecule has 1 aromatic rings. The molecule has 0 radical (unpaired) electrons. The summed E-state index contributed by atoms with van der Waals surface area (Å²) in [6, 6.07) is 0. The van der Waals surface area contributed by atoms with E-state index in [0.717, 1.165) is 57.3 Å². The number of nitrogens with zero attached hydrogens (tertiary/aromatic N) is 2. The number of aromatic nitrogens is 2. The van der Waals surface area contributed by atoms with Gasteiger partial charge >= 0.3 is 0 Å². The number of amides is 1. The number of aryl methyl sites for hydroxylation is 1. The van der Waals surface area contributed by atoms with E-state index in [-0.39, 0.29) is 5.91 Å². The fraction of sp³-hybridized carbons (Fsp3) is 0.765. The summed E-state index contributed by atoms with van der Waals surface area (Å²) in [4.78, 5) is 14.6. The van der Waals surface area contributed by atoms with Gasteiger partial charge in [-0.15, -0.1) is 0 Å². The van der Waals surface area contributed by atoms with Crippen LogP contribution in [0.3, 0.4) is 0 Å². The zero-order chi connectivity index (χ0) is 15.6. The van der Waals surface area contributed by atoms with Gasteiger partial charge in [0, 0.05) is 24.7 Å². The predicted octanol–water partition coefficient (Wildman–Crippen LogP) is 2.51. The molecule has 3 rings (SSSR count). The summed E-state index contributed by atoms with van der Waals surface area (Å²) < 4.78 is 0. The van der Waals surface area contributed by atoms with E-state index in [2.05, 4.69) is 17.1 Å². The molecule has 1 aliphatic carbocycles. The van der Waals surface area contributed by atoms with Gasteiger partial charge in [-0.05, 0) is 38.2 Å². The molecule has 1 saturated heterocycles. The highest BCUT2D eigenvalue weighted by molar-refractivity contribution is 5.77. The Hall–Kier alpha value is -1.36. The Labute approximate surface area is 132 Å². The minimum absolute atomic E-state index is 0.117. The molecule has 1 aromatic heterocycles. The molecule has 1 atom stereocenters. The summed E-state index contributed by atoms with van der Waals surface area (Å²) >= 11 is 0. The van der Waals surface area contributed by atoms with Crippen molar-refractivity contribution >= 4 is 5.91 Å². The molecule has 0 bridgehead atoms. The van der Waals surface area contributed by atoms with E-state index in [1.807, 2.05) is 11.1 Å². The number of likely N-dealkylation sites (tertiary alicyclic amines) is 1. The highest BCUT2D eigenvalue weighted by Gasteiger charge is 2.35. The molecule has 5 nitrogen and oxygen atoms in total. The van der Waals surface area contributed by atoms with E-state index in [9.17, 15) is 9.90 Å². The van der Waals surface area contributed by atoms with Gasteiger partial charge in [-0.25, -0.2) is 0 Å². The van der Waals surface area contributed by atoms with Gasteiger partial charge in [-0.3, -0.25) is 9.89 Å². The van der Waals surface area contributed by atoms with Gasteiger partial charge in [0.15, 0.2) is 0 Å². The summed E-state index contributed by atoms with van der Waals surface area (Å²) in [5.41, 5.74) is 1.57. The number of hydrogen-bond acceptors (Lipinski definition) is 3. The van der Waals surface area contributed by atoms with Crippen LogP contribution < -0.4 is 0 Å². The van der Waals surface area contributed by atoms with Gasteiger partial charge in [0.2, 0.25) is 5.91 Å². The first-order valence-electron chi connectivity index (χ1n) is 8.57. The standard InChI is InChI=1S/C17H27N3O2/c1-13-11-18-19-16(13)14-6-5-9-20(12-14)15(21)10-17(22)7-3-2-4-8-17/h11,14,22H,2-10,12H2,1H3,(H,18,19)/t14-/m0/s1. The third kappa shape index (κ3) is 3.35. The average Bonchev–Trinajstić information content (AvgIpc) is 2.94. The fourth-order valence-electron chi connectivity index (χ4n) is 3.99. The van der Waals surface area contributed by atoms with Crippen LogP contribution in [0.4, 0.5) is 0 Å². The molecule has 22 heavy (non-hydrogen) atoms. The lowest BCUT2D eigenvalue weighted by atomic mass is 9.82. The van der Waals surface area contributed by atoms with Crippen molar-refractivity contribution in [2.45, 2.75) is 69.8 Å². The summed E-state index contributed by atoms with van der Waals surface area (Å²) in [5, 5.41) is 17.8. The summed E-state index contributed by atoms with van der Waals surface area (Å²) in [7, 11) is 0. The Balaban J connectivity index is 1.62. The van der Waals surface area contributed by atoms with Crippen LogP contribution in [0.2, 0.25) is 0 Å². The normalized spacial score (nSPS) is 25.2. The van der Waals surface area contributed by atoms with E-state index >= 15 is 0 Å². The first kappa shape index (κ1) is 15.5. The number of rotatable bonds is 3. The number of carbonyl (C=O) groups is 1. The first-order chi connectivity index (χ1) is 10.6. The number of aromatic amines is 1. The van der Waals surface area contributed by atoms with Crippen molar-refractivity contribution in [3.05, 3.63) is 17.5 Å². The third-order valence-electron chi connectivity index (χ3n) is 5.31. The van der Waals surface area contributed by atoms with Gasteiger partial charge in [0.1, 0.15) is 0 Å². The molecule has 2 N–H and O–H groups in total. The van der Waals surface area contributed by atoms with Crippen LogP contribution in [-0.2, 0) is 4.79 Å². The van der Waals surface area contributed by atoms with Crippen LogP contribution in [0, 0.1) is 6.92 Å². The van der Waals surface area contributed by atoms with Gasteiger partial charge < -0.3 is 10.0 Å². The summed E-state index contributed by atoms with van der Waals surface area (Å²) in [5.74, 6) is 0.465. The van der Waals surface area contributed by atoms with Crippen molar-refractivity contribution in [3.8, 4) is 0 Å². The monoisotopic (exact) mass is 305 g/mol. The van der Waals surface area contributed by atoms with Crippen LogP contribution in [-0.4, -0.2) is 44.8 Å². The Morgan fingerprint density at radius 3 is 2.86 bits per heavy atom. The summed E-state index contributed by atoms with van der Waals surface area (Å²) in [6.07, 6.45) is 9.07. The molecule has 122 valence electrons. The average molecular weight is 305 g/mol. The van der Waals surface area contributed by atoms with E-state index < -0.39 is 5.60 Å². The van der Waals surface area contributed by atoms with Gasteiger partial charge in [0.25, 0.3) is 0 Å². The van der Waals surface area contributed by atoms with E-state index in [4.69, 9.17) is 0 Å². The van der Waals surface area contributed by atoms with Crippen molar-refractivity contribution in [2.24, 2.45) is 0 Å². The van der Waals surface area contributed by atoms with E-state index in [1.54, 1.807) is 0 Å². The quantitative estimate of drug-likeness (QED) is 0.901. The molecule has 0 unspecified atom stereocenters. The maximum atomic E-state index is 12.6. The lowest BCUT2D eigenvalue weighted by Gasteiger charge is -2.37. The minimum atomic E-state index is -0.758. The molecular weight excluding hydrogens is 278 g/mol. The largest absolute Gasteiger partial charge is 0.389 e. The van der Waals surface area contributed by atoms with Crippen LogP contribution in [0.15, 0.2) is 6.20 Å². The predicted molar refractivity (Wildman–Crippen MR) is 84.5 cm³/mol. The van der Waals surface area contributed by atoms with Gasteiger partial charge in [-0.2, -0.15) is 5.10 Å². The molecule has 0 aromatic carbocycles. The van der Waals surface area contributed by atoms with Gasteiger partial charge in [-0.1, -0.05) is 19.3 Å². The SMILES string of the molecule is Cc1cn[nH]c1[C@H]1CCCN(C(=O)CC2(O)CCCCC2)C1. The number of nitrogens with one attached hydrogen (secondary N) is 1. The molecule has 1 amide bonds. The summed E-state index contributed by atoms with van der Waals surface area (Å²) in [6.45, 7) is 3.63. The van der Waals surface area contributed by atoms with E-state index in [1.165, 1.54) is 12.0 Å². The van der Waals surface area contributed by atoms with Crippen LogP contribution in [0.25, 0.3) is 0 Å². The molecular formula is C17H27N3O2. The Kier molecular flexibility index (Phi) is 4.52. The number of piperidine rings is 1. The molecule has 2 heterocycles. The van der Waals surface area contributed by atoms with Crippen LogP contribution in [0.5, 0.6) is 0 Å². The number of H-pyrrole nitrogens is 1. The second-order valence-corrected chi connectivity index (χ2v) is 7.11. The smallest absolute Gasteiger partial charge is 0.225 e. The third-order valence-corrected chi connectivity index (χ3v) is 5.31. The molecule has 2 aliphatic rings.